The van der Waals surface area contributed by atoms with Gasteiger partial charge in [-0.1, -0.05) is 37.3 Å². The number of nitrogens with zero attached hydrogens (tertiary/aromatic N) is 1. The summed E-state index contributed by atoms with van der Waals surface area (Å²) in [7, 11) is 0. The van der Waals surface area contributed by atoms with Crippen LogP contribution in [0.25, 0.3) is 21.8 Å². The lowest BCUT2D eigenvalue weighted by atomic mass is 10.1. The van der Waals surface area contributed by atoms with Crippen LogP contribution in [0.3, 0.4) is 0 Å². The van der Waals surface area contributed by atoms with Crippen LogP contribution in [0, 0.1) is 0 Å². The highest BCUT2D eigenvalue weighted by atomic mass is 15.0. The van der Waals surface area contributed by atoms with Crippen molar-refractivity contribution in [3.05, 3.63) is 48.0 Å². The highest BCUT2D eigenvalue weighted by molar-refractivity contribution is 6.08. The van der Waals surface area contributed by atoms with E-state index in [0.717, 1.165) is 13.0 Å². The maximum absolute atomic E-state index is 2.41. The van der Waals surface area contributed by atoms with Crippen molar-refractivity contribution in [1.29, 1.82) is 0 Å². The summed E-state index contributed by atoms with van der Waals surface area (Å²) in [5.41, 5.74) is 4.13. The SMILES string of the molecule is CCc1ccc2c3ccccc3n(CC)c2c1. The normalized spacial score (nSPS) is 11.4. The molecule has 1 heteroatoms. The molecule has 0 saturated heterocycles. The van der Waals surface area contributed by atoms with E-state index in [2.05, 4.69) is 60.9 Å². The second-order valence-corrected chi connectivity index (χ2v) is 4.47. The van der Waals surface area contributed by atoms with Crippen LogP contribution in [0.2, 0.25) is 0 Å². The van der Waals surface area contributed by atoms with E-state index in [-0.39, 0.29) is 0 Å². The first-order chi connectivity index (χ1) is 8.35. The minimum atomic E-state index is 1.02. The zero-order chi connectivity index (χ0) is 11.8. The van der Waals surface area contributed by atoms with E-state index < -0.39 is 0 Å². The van der Waals surface area contributed by atoms with Crippen LogP contribution in [-0.2, 0) is 13.0 Å². The predicted molar refractivity (Wildman–Crippen MR) is 74.5 cm³/mol. The molecular formula is C16H17N. The van der Waals surface area contributed by atoms with Gasteiger partial charge in [-0.05, 0) is 31.0 Å². The number of aryl methyl sites for hydroxylation is 2. The Morgan fingerprint density at radius 2 is 1.65 bits per heavy atom. The van der Waals surface area contributed by atoms with Crippen molar-refractivity contribution in [2.75, 3.05) is 0 Å². The van der Waals surface area contributed by atoms with Crippen molar-refractivity contribution >= 4 is 21.8 Å². The van der Waals surface area contributed by atoms with Gasteiger partial charge < -0.3 is 4.57 Å². The van der Waals surface area contributed by atoms with Gasteiger partial charge in [0.1, 0.15) is 0 Å². The first kappa shape index (κ1) is 10.4. The van der Waals surface area contributed by atoms with E-state index >= 15 is 0 Å². The molecule has 1 nitrogen and oxygen atoms in total. The number of fused-ring (bicyclic) bond motifs is 3. The first-order valence-corrected chi connectivity index (χ1v) is 6.35. The Bertz CT molecular complexity index is 676. The molecule has 2 aromatic carbocycles. The van der Waals surface area contributed by atoms with Gasteiger partial charge in [-0.2, -0.15) is 0 Å². The Kier molecular flexibility index (Phi) is 2.40. The van der Waals surface area contributed by atoms with Crippen molar-refractivity contribution in [3.63, 3.8) is 0 Å². The molecule has 0 spiro atoms. The van der Waals surface area contributed by atoms with Crippen molar-refractivity contribution in [2.24, 2.45) is 0 Å². The summed E-state index contributed by atoms with van der Waals surface area (Å²) in [4.78, 5) is 0. The molecule has 0 unspecified atom stereocenters. The predicted octanol–water partition coefficient (Wildman–Crippen LogP) is 4.38. The largest absolute Gasteiger partial charge is 0.341 e. The number of para-hydroxylation sites is 1. The molecule has 0 radical (unpaired) electrons. The van der Waals surface area contributed by atoms with Crippen LogP contribution in [0.1, 0.15) is 19.4 Å². The van der Waals surface area contributed by atoms with Crippen LogP contribution in [0.15, 0.2) is 42.5 Å². The van der Waals surface area contributed by atoms with E-state index in [1.54, 1.807) is 0 Å². The first-order valence-electron chi connectivity index (χ1n) is 6.35. The van der Waals surface area contributed by atoms with Gasteiger partial charge in [0, 0.05) is 28.4 Å². The second-order valence-electron chi connectivity index (χ2n) is 4.47. The molecule has 86 valence electrons. The Hall–Kier alpha value is -1.76. The summed E-state index contributed by atoms with van der Waals surface area (Å²) in [6, 6.07) is 15.5. The second kappa shape index (κ2) is 3.92. The number of aromatic nitrogens is 1. The average molecular weight is 223 g/mol. The van der Waals surface area contributed by atoms with E-state index in [9.17, 15) is 0 Å². The molecule has 0 N–H and O–H groups in total. The zero-order valence-corrected chi connectivity index (χ0v) is 10.4. The van der Waals surface area contributed by atoms with Crippen molar-refractivity contribution in [1.82, 2.24) is 4.57 Å². The lowest BCUT2D eigenvalue weighted by Crippen LogP contribution is -1.93. The van der Waals surface area contributed by atoms with Gasteiger partial charge in [-0.25, -0.2) is 0 Å². The summed E-state index contributed by atoms with van der Waals surface area (Å²) in [5, 5.41) is 2.74. The molecule has 0 saturated carbocycles. The standard InChI is InChI=1S/C16H17N/c1-3-12-9-10-14-13-7-5-6-8-15(13)17(4-2)16(14)11-12/h5-11H,3-4H2,1-2H3. The highest BCUT2D eigenvalue weighted by Crippen LogP contribution is 2.29. The van der Waals surface area contributed by atoms with Crippen LogP contribution in [0.4, 0.5) is 0 Å². The third kappa shape index (κ3) is 1.46. The van der Waals surface area contributed by atoms with E-state index in [4.69, 9.17) is 0 Å². The minimum Gasteiger partial charge on any atom is -0.341 e. The summed E-state index contributed by atoms with van der Waals surface area (Å²) < 4.78 is 2.41. The smallest absolute Gasteiger partial charge is 0.0494 e. The maximum Gasteiger partial charge on any atom is 0.0494 e. The van der Waals surface area contributed by atoms with Gasteiger partial charge in [0.05, 0.1) is 0 Å². The fourth-order valence-corrected chi connectivity index (χ4v) is 2.66. The fraction of sp³-hybridized carbons (Fsp3) is 0.250. The van der Waals surface area contributed by atoms with Crippen LogP contribution < -0.4 is 0 Å². The molecule has 0 bridgehead atoms. The summed E-state index contributed by atoms with van der Waals surface area (Å²) in [6.07, 6.45) is 1.10. The van der Waals surface area contributed by atoms with E-state index in [0.29, 0.717) is 0 Å². The molecule has 0 aliphatic heterocycles. The molecule has 0 aliphatic carbocycles. The van der Waals surface area contributed by atoms with Crippen LogP contribution >= 0.6 is 0 Å². The zero-order valence-electron chi connectivity index (χ0n) is 10.4. The number of hydrogen-bond donors (Lipinski definition) is 0. The lowest BCUT2D eigenvalue weighted by molar-refractivity contribution is 0.826. The highest BCUT2D eigenvalue weighted by Gasteiger charge is 2.08. The quantitative estimate of drug-likeness (QED) is 0.607. The Morgan fingerprint density at radius 3 is 2.41 bits per heavy atom. The Labute approximate surface area is 102 Å². The molecule has 0 atom stereocenters. The average Bonchev–Trinajstić information content (AvgIpc) is 2.71. The van der Waals surface area contributed by atoms with Gasteiger partial charge in [0.25, 0.3) is 0 Å². The van der Waals surface area contributed by atoms with Gasteiger partial charge in [0.15, 0.2) is 0 Å². The van der Waals surface area contributed by atoms with Crippen molar-refractivity contribution < 1.29 is 0 Å². The molecular weight excluding hydrogens is 206 g/mol. The lowest BCUT2D eigenvalue weighted by Gasteiger charge is -2.03. The monoisotopic (exact) mass is 223 g/mol. The molecule has 1 aromatic heterocycles. The summed E-state index contributed by atoms with van der Waals surface area (Å²) in [6.45, 7) is 5.45. The van der Waals surface area contributed by atoms with Crippen molar-refractivity contribution in [2.45, 2.75) is 26.8 Å². The number of hydrogen-bond acceptors (Lipinski definition) is 0. The third-order valence-electron chi connectivity index (χ3n) is 3.56. The third-order valence-corrected chi connectivity index (χ3v) is 3.56. The number of rotatable bonds is 2. The topological polar surface area (TPSA) is 4.93 Å². The van der Waals surface area contributed by atoms with E-state index in [1.165, 1.54) is 27.4 Å². The van der Waals surface area contributed by atoms with Gasteiger partial charge >= 0.3 is 0 Å². The Morgan fingerprint density at radius 1 is 0.882 bits per heavy atom. The van der Waals surface area contributed by atoms with Crippen LogP contribution in [-0.4, -0.2) is 4.57 Å². The van der Waals surface area contributed by atoms with E-state index in [1.807, 2.05) is 0 Å². The summed E-state index contributed by atoms with van der Waals surface area (Å²) in [5.74, 6) is 0. The summed E-state index contributed by atoms with van der Waals surface area (Å²) >= 11 is 0. The molecule has 3 rings (SSSR count). The molecule has 0 aliphatic rings. The van der Waals surface area contributed by atoms with Gasteiger partial charge in [0.2, 0.25) is 0 Å². The van der Waals surface area contributed by atoms with Gasteiger partial charge in [-0.15, -0.1) is 0 Å². The molecule has 0 amide bonds. The number of benzene rings is 2. The van der Waals surface area contributed by atoms with Crippen molar-refractivity contribution in [3.8, 4) is 0 Å². The minimum absolute atomic E-state index is 1.02. The molecule has 17 heavy (non-hydrogen) atoms. The fourth-order valence-electron chi connectivity index (χ4n) is 2.66. The molecule has 1 heterocycles. The van der Waals surface area contributed by atoms with Crippen LogP contribution in [0.5, 0.6) is 0 Å². The Balaban J connectivity index is 2.49. The maximum atomic E-state index is 2.41. The molecule has 3 aromatic rings. The molecule has 0 fully saturated rings. The van der Waals surface area contributed by atoms with Gasteiger partial charge in [-0.3, -0.25) is 0 Å².